The van der Waals surface area contributed by atoms with Gasteiger partial charge in [0.05, 0.1) is 0 Å². The van der Waals surface area contributed by atoms with E-state index in [-0.39, 0.29) is 19.1 Å². The van der Waals surface area contributed by atoms with Gasteiger partial charge in [0.15, 0.2) is 0 Å². The van der Waals surface area contributed by atoms with Crippen LogP contribution in [-0.2, 0) is 4.79 Å². The second-order valence-corrected chi connectivity index (χ2v) is 5.27. The summed E-state index contributed by atoms with van der Waals surface area (Å²) in [6.07, 6.45) is 2.19. The van der Waals surface area contributed by atoms with Crippen LogP contribution in [-0.4, -0.2) is 65.4 Å². The fourth-order valence-corrected chi connectivity index (χ4v) is 2.88. The van der Waals surface area contributed by atoms with Crippen molar-refractivity contribution in [2.45, 2.75) is 31.3 Å². The number of amides is 2. The summed E-state index contributed by atoms with van der Waals surface area (Å²) < 4.78 is 0. The highest BCUT2D eigenvalue weighted by Gasteiger charge is 2.35. The minimum Gasteiger partial charge on any atom is -0.480 e. The van der Waals surface area contributed by atoms with Crippen molar-refractivity contribution in [2.24, 2.45) is 5.92 Å². The summed E-state index contributed by atoms with van der Waals surface area (Å²) in [5.74, 6) is -0.630. The highest BCUT2D eigenvalue weighted by Crippen LogP contribution is 2.27. The molecule has 2 unspecified atom stereocenters. The number of fused-ring (bicyclic) bond motifs is 3. The Kier molecular flexibility index (Phi) is 4.60. The second-order valence-electron chi connectivity index (χ2n) is 5.27. The van der Waals surface area contributed by atoms with Crippen molar-refractivity contribution in [1.29, 1.82) is 0 Å². The van der Waals surface area contributed by atoms with Crippen LogP contribution in [0.5, 0.6) is 0 Å². The van der Waals surface area contributed by atoms with E-state index in [9.17, 15) is 9.59 Å². The number of nitrogens with one attached hydrogen (secondary N) is 2. The van der Waals surface area contributed by atoms with Crippen LogP contribution < -0.4 is 10.6 Å². The lowest BCUT2D eigenvalue weighted by atomic mass is 9.84. The van der Waals surface area contributed by atoms with Crippen LogP contribution in [0.4, 0.5) is 4.79 Å². The molecule has 2 amide bonds. The number of hydrogen-bond donors (Lipinski definition) is 4. The normalized spacial score (nSPS) is 30.7. The van der Waals surface area contributed by atoms with Crippen LogP contribution in [0.2, 0.25) is 0 Å². The molecule has 19 heavy (non-hydrogen) atoms. The maximum absolute atomic E-state index is 11.8. The maximum Gasteiger partial charge on any atom is 0.326 e. The largest absolute Gasteiger partial charge is 0.480 e. The van der Waals surface area contributed by atoms with E-state index in [2.05, 4.69) is 15.5 Å². The summed E-state index contributed by atoms with van der Waals surface area (Å²) in [5, 5.41) is 22.9. The molecule has 0 aromatic heterocycles. The minimum absolute atomic E-state index is 0.0168. The average molecular weight is 271 g/mol. The summed E-state index contributed by atoms with van der Waals surface area (Å²) in [7, 11) is 0. The van der Waals surface area contributed by atoms with Crippen LogP contribution >= 0.6 is 0 Å². The van der Waals surface area contributed by atoms with Crippen LogP contribution in [0.15, 0.2) is 0 Å². The van der Waals surface area contributed by atoms with Gasteiger partial charge in [-0.1, -0.05) is 0 Å². The Morgan fingerprint density at radius 3 is 2.47 bits per heavy atom. The Balaban J connectivity index is 1.82. The maximum atomic E-state index is 11.8. The number of aliphatic hydroxyl groups excluding tert-OH is 1. The molecule has 2 atom stereocenters. The molecule has 7 heteroatoms. The zero-order valence-corrected chi connectivity index (χ0v) is 10.8. The molecule has 0 aliphatic carbocycles. The number of carbonyl (C=O) groups is 2. The molecule has 0 aromatic rings. The third-order valence-electron chi connectivity index (χ3n) is 3.99. The van der Waals surface area contributed by atoms with Gasteiger partial charge in [0, 0.05) is 25.6 Å². The van der Waals surface area contributed by atoms with E-state index in [1.54, 1.807) is 0 Å². The minimum atomic E-state index is -1.13. The monoisotopic (exact) mass is 271 g/mol. The van der Waals surface area contributed by atoms with Crippen molar-refractivity contribution in [3.8, 4) is 0 Å². The van der Waals surface area contributed by atoms with Crippen molar-refractivity contribution in [3.05, 3.63) is 0 Å². The first-order valence-corrected chi connectivity index (χ1v) is 6.73. The van der Waals surface area contributed by atoms with Crippen molar-refractivity contribution >= 4 is 12.0 Å². The van der Waals surface area contributed by atoms with Gasteiger partial charge in [0.1, 0.15) is 6.04 Å². The Labute approximate surface area is 112 Å². The van der Waals surface area contributed by atoms with Crippen molar-refractivity contribution in [2.75, 3.05) is 26.2 Å². The van der Waals surface area contributed by atoms with Gasteiger partial charge in [-0.2, -0.15) is 0 Å². The Morgan fingerprint density at radius 1 is 1.32 bits per heavy atom. The summed E-state index contributed by atoms with van der Waals surface area (Å²) in [6.45, 7) is 2.76. The summed E-state index contributed by atoms with van der Waals surface area (Å²) in [5.41, 5.74) is 0. The first kappa shape index (κ1) is 14.1. The second kappa shape index (κ2) is 6.21. The summed E-state index contributed by atoms with van der Waals surface area (Å²) in [6, 6.07) is -1.39. The van der Waals surface area contributed by atoms with Gasteiger partial charge >= 0.3 is 12.0 Å². The standard InChI is InChI=1S/C12H21N3O4/c16-6-3-9(11(17)18)13-12(19)14-10-7-15-4-1-8(10)2-5-15/h8-10,16H,1-7H2,(H,17,18)(H2,13,14,19). The van der Waals surface area contributed by atoms with Crippen LogP contribution in [0, 0.1) is 5.92 Å². The fraction of sp³-hybridized carbons (Fsp3) is 0.833. The van der Waals surface area contributed by atoms with E-state index in [1.165, 1.54) is 0 Å². The van der Waals surface area contributed by atoms with E-state index in [4.69, 9.17) is 10.2 Å². The average Bonchev–Trinajstić information content (AvgIpc) is 2.39. The molecule has 3 saturated heterocycles. The number of carbonyl (C=O) groups excluding carboxylic acids is 1. The van der Waals surface area contributed by atoms with Gasteiger partial charge in [-0.25, -0.2) is 9.59 Å². The third kappa shape index (κ3) is 3.57. The molecule has 2 bridgehead atoms. The number of nitrogens with zero attached hydrogens (tertiary/aromatic N) is 1. The van der Waals surface area contributed by atoms with E-state index in [1.807, 2.05) is 0 Å². The summed E-state index contributed by atoms with van der Waals surface area (Å²) >= 11 is 0. The van der Waals surface area contributed by atoms with Gasteiger partial charge < -0.3 is 25.7 Å². The lowest BCUT2D eigenvalue weighted by Crippen LogP contribution is -2.59. The lowest BCUT2D eigenvalue weighted by Gasteiger charge is -2.44. The molecule has 0 radical (unpaired) electrons. The first-order valence-electron chi connectivity index (χ1n) is 6.73. The number of carboxylic acid groups (broad SMARTS) is 1. The van der Waals surface area contributed by atoms with Crippen LogP contribution in [0.1, 0.15) is 19.3 Å². The van der Waals surface area contributed by atoms with Crippen molar-refractivity contribution in [1.82, 2.24) is 15.5 Å². The molecular weight excluding hydrogens is 250 g/mol. The van der Waals surface area contributed by atoms with E-state index < -0.39 is 18.0 Å². The SMILES string of the molecule is O=C(NC(CCO)C(=O)O)NC1CN2CCC1CC2. The molecule has 3 aliphatic rings. The number of aliphatic hydroxyl groups is 1. The number of carboxylic acids is 1. The van der Waals surface area contributed by atoms with Crippen molar-refractivity contribution < 1.29 is 19.8 Å². The zero-order valence-electron chi connectivity index (χ0n) is 10.8. The fourth-order valence-electron chi connectivity index (χ4n) is 2.88. The molecular formula is C12H21N3O4. The molecule has 108 valence electrons. The van der Waals surface area contributed by atoms with E-state index in [0.29, 0.717) is 5.92 Å². The molecule has 7 nitrogen and oxygen atoms in total. The molecule has 3 rings (SSSR count). The molecule has 3 aliphatic heterocycles. The number of rotatable bonds is 5. The highest BCUT2D eigenvalue weighted by atomic mass is 16.4. The number of piperidine rings is 3. The Bertz CT molecular complexity index is 342. The zero-order chi connectivity index (χ0) is 13.8. The van der Waals surface area contributed by atoms with Crippen LogP contribution in [0.25, 0.3) is 0 Å². The molecule has 3 heterocycles. The van der Waals surface area contributed by atoms with E-state index >= 15 is 0 Å². The molecule has 0 saturated carbocycles. The third-order valence-corrected chi connectivity index (χ3v) is 3.99. The van der Waals surface area contributed by atoms with Crippen molar-refractivity contribution in [3.63, 3.8) is 0 Å². The molecule has 4 N–H and O–H groups in total. The number of urea groups is 1. The quantitative estimate of drug-likeness (QED) is 0.525. The first-order chi connectivity index (χ1) is 9.10. The smallest absolute Gasteiger partial charge is 0.326 e. The number of hydrogen-bond acceptors (Lipinski definition) is 4. The van der Waals surface area contributed by atoms with Gasteiger partial charge in [0.25, 0.3) is 0 Å². The highest BCUT2D eigenvalue weighted by molar-refractivity contribution is 5.82. The van der Waals surface area contributed by atoms with Gasteiger partial charge in [-0.05, 0) is 31.8 Å². The van der Waals surface area contributed by atoms with Gasteiger partial charge in [-0.15, -0.1) is 0 Å². The van der Waals surface area contributed by atoms with E-state index in [0.717, 1.165) is 32.5 Å². The van der Waals surface area contributed by atoms with Gasteiger partial charge in [-0.3, -0.25) is 0 Å². The lowest BCUT2D eigenvalue weighted by molar-refractivity contribution is -0.139. The van der Waals surface area contributed by atoms with Crippen LogP contribution in [0.3, 0.4) is 0 Å². The predicted octanol–water partition coefficient (Wildman–Crippen LogP) is -0.785. The topological polar surface area (TPSA) is 102 Å². The Morgan fingerprint density at radius 2 is 2.00 bits per heavy atom. The molecule has 0 spiro atoms. The predicted molar refractivity (Wildman–Crippen MR) is 67.7 cm³/mol. The molecule has 3 fully saturated rings. The summed E-state index contributed by atoms with van der Waals surface area (Å²) in [4.78, 5) is 25.0. The van der Waals surface area contributed by atoms with Gasteiger partial charge in [0.2, 0.25) is 0 Å². The number of aliphatic carboxylic acids is 1. The molecule has 0 aromatic carbocycles. The Hall–Kier alpha value is -1.34.